The van der Waals surface area contributed by atoms with Gasteiger partial charge in [0.1, 0.15) is 36.5 Å². The van der Waals surface area contributed by atoms with Gasteiger partial charge in [-0.05, 0) is 49.6 Å². The lowest BCUT2D eigenvalue weighted by atomic mass is 10.1. The fraction of sp³-hybridized carbons (Fsp3) is 0.357. The van der Waals surface area contributed by atoms with E-state index in [0.29, 0.717) is 35.6 Å². The smallest absolute Gasteiger partial charge is 0.332 e. The van der Waals surface area contributed by atoms with E-state index >= 15 is 0 Å². The molecule has 2 aromatic heterocycles. The van der Waals surface area contributed by atoms with Crippen molar-refractivity contribution < 1.29 is 18.7 Å². The average Bonchev–Trinajstić information content (AvgIpc) is 3.56. The van der Waals surface area contributed by atoms with Gasteiger partial charge >= 0.3 is 5.69 Å². The molecule has 6 rings (SSSR count). The van der Waals surface area contributed by atoms with Crippen LogP contribution in [0.3, 0.4) is 0 Å². The Labute approximate surface area is 217 Å². The summed E-state index contributed by atoms with van der Waals surface area (Å²) in [5, 5.41) is 3.46. The van der Waals surface area contributed by atoms with E-state index in [1.807, 2.05) is 25.1 Å². The number of amides is 2. The molecule has 0 unspecified atom stereocenters. The van der Waals surface area contributed by atoms with E-state index in [9.17, 15) is 19.2 Å². The number of nitrogens with one attached hydrogen (secondary N) is 1. The maximum Gasteiger partial charge on any atom is 0.332 e. The standard InChI is InChI=1S/C28H28N4O6/c1-17-10-11-22-20(14-17)30(12-13-37-22)24(34)16-31-25-19-8-4-5-9-21(19)38-26(25)27(35)32(28(31)36)15-23(33)29-18-6-2-3-7-18/h4-5,8-11,14,18H,2-3,6-7,12-13,15-16H2,1H3,(H,29,33). The van der Waals surface area contributed by atoms with Gasteiger partial charge in [0.25, 0.3) is 5.56 Å². The van der Waals surface area contributed by atoms with Gasteiger partial charge in [-0.25, -0.2) is 9.36 Å². The Morgan fingerprint density at radius 2 is 1.82 bits per heavy atom. The van der Waals surface area contributed by atoms with Gasteiger partial charge in [0.2, 0.25) is 17.4 Å². The number of carbonyl (C=O) groups excluding carboxylic acids is 2. The fourth-order valence-corrected chi connectivity index (χ4v) is 5.48. The Hall–Kier alpha value is -4.34. The quantitative estimate of drug-likeness (QED) is 0.436. The van der Waals surface area contributed by atoms with Crippen molar-refractivity contribution in [2.24, 2.45) is 0 Å². The maximum absolute atomic E-state index is 13.7. The van der Waals surface area contributed by atoms with Crippen molar-refractivity contribution >= 4 is 39.6 Å². The number of benzene rings is 2. The van der Waals surface area contributed by atoms with Crippen LogP contribution in [0.5, 0.6) is 5.75 Å². The highest BCUT2D eigenvalue weighted by molar-refractivity contribution is 6.03. The van der Waals surface area contributed by atoms with E-state index in [1.165, 1.54) is 4.57 Å². The van der Waals surface area contributed by atoms with Gasteiger partial charge in [-0.2, -0.15) is 0 Å². The fourth-order valence-electron chi connectivity index (χ4n) is 5.48. The molecule has 1 N–H and O–H groups in total. The molecule has 1 saturated carbocycles. The van der Waals surface area contributed by atoms with Gasteiger partial charge in [-0.15, -0.1) is 0 Å². The number of furan rings is 1. The molecule has 2 aromatic carbocycles. The van der Waals surface area contributed by atoms with Crippen molar-refractivity contribution in [3.05, 3.63) is 68.9 Å². The maximum atomic E-state index is 13.7. The highest BCUT2D eigenvalue weighted by Crippen LogP contribution is 2.33. The third-order valence-electron chi connectivity index (χ3n) is 7.33. The summed E-state index contributed by atoms with van der Waals surface area (Å²) in [6.45, 7) is 1.78. The largest absolute Gasteiger partial charge is 0.490 e. The van der Waals surface area contributed by atoms with E-state index in [-0.39, 0.29) is 29.6 Å². The second-order valence-electron chi connectivity index (χ2n) is 9.95. The summed E-state index contributed by atoms with van der Waals surface area (Å²) in [5.41, 5.74) is 0.766. The Morgan fingerprint density at radius 3 is 2.63 bits per heavy atom. The molecule has 1 aliphatic heterocycles. The second kappa shape index (κ2) is 9.51. The van der Waals surface area contributed by atoms with E-state index in [2.05, 4.69) is 5.32 Å². The van der Waals surface area contributed by atoms with E-state index in [1.54, 1.807) is 29.2 Å². The van der Waals surface area contributed by atoms with Gasteiger partial charge in [0.15, 0.2) is 0 Å². The minimum atomic E-state index is -0.735. The molecule has 196 valence electrons. The molecule has 1 aliphatic carbocycles. The topological polar surface area (TPSA) is 116 Å². The zero-order valence-corrected chi connectivity index (χ0v) is 21.1. The number of aryl methyl sites for hydroxylation is 1. The van der Waals surface area contributed by atoms with Crippen molar-refractivity contribution in [2.45, 2.75) is 51.7 Å². The summed E-state index contributed by atoms with van der Waals surface area (Å²) in [4.78, 5) is 55.2. The molecular weight excluding hydrogens is 488 g/mol. The zero-order valence-electron chi connectivity index (χ0n) is 21.1. The van der Waals surface area contributed by atoms with Crippen LogP contribution >= 0.6 is 0 Å². The monoisotopic (exact) mass is 516 g/mol. The third-order valence-corrected chi connectivity index (χ3v) is 7.33. The van der Waals surface area contributed by atoms with Gasteiger partial charge in [-0.3, -0.25) is 19.0 Å². The first-order valence-corrected chi connectivity index (χ1v) is 12.9. The molecule has 4 aromatic rings. The Balaban J connectivity index is 1.44. The highest BCUT2D eigenvalue weighted by atomic mass is 16.5. The number of aromatic nitrogens is 2. The van der Waals surface area contributed by atoms with Crippen molar-refractivity contribution in [1.82, 2.24) is 14.5 Å². The van der Waals surface area contributed by atoms with E-state index in [0.717, 1.165) is 35.8 Å². The normalized spacial score (nSPS) is 15.6. The van der Waals surface area contributed by atoms with Gasteiger partial charge in [0, 0.05) is 11.4 Å². The lowest BCUT2D eigenvalue weighted by Crippen LogP contribution is -2.47. The van der Waals surface area contributed by atoms with Crippen LogP contribution in [0.25, 0.3) is 22.1 Å². The molecule has 10 heteroatoms. The van der Waals surface area contributed by atoms with Crippen molar-refractivity contribution in [3.8, 4) is 5.75 Å². The molecule has 0 radical (unpaired) electrons. The lowest BCUT2D eigenvalue weighted by Gasteiger charge is -2.30. The third kappa shape index (κ3) is 4.15. The highest BCUT2D eigenvalue weighted by Gasteiger charge is 2.28. The first-order valence-electron chi connectivity index (χ1n) is 12.9. The molecular formula is C28H28N4O6. The van der Waals surface area contributed by atoms with Gasteiger partial charge in [-0.1, -0.05) is 31.0 Å². The van der Waals surface area contributed by atoms with Crippen LogP contribution in [0, 0.1) is 6.92 Å². The van der Waals surface area contributed by atoms with E-state index in [4.69, 9.17) is 9.15 Å². The SMILES string of the molecule is Cc1ccc2c(c1)N(C(=O)Cn1c(=O)n(CC(=O)NC3CCCC3)c(=O)c3oc4ccccc4c31)CCO2. The number of rotatable bonds is 5. The summed E-state index contributed by atoms with van der Waals surface area (Å²) in [7, 11) is 0. The summed E-state index contributed by atoms with van der Waals surface area (Å²) in [6, 6.07) is 12.6. The molecule has 2 aliphatic rings. The van der Waals surface area contributed by atoms with Crippen LogP contribution in [0.4, 0.5) is 5.69 Å². The number of carbonyl (C=O) groups is 2. The summed E-state index contributed by atoms with van der Waals surface area (Å²) in [6.07, 6.45) is 3.83. The Bertz CT molecular complexity index is 1690. The molecule has 10 nitrogen and oxygen atoms in total. The zero-order chi connectivity index (χ0) is 26.4. The Morgan fingerprint density at radius 1 is 1.03 bits per heavy atom. The van der Waals surface area contributed by atoms with Crippen LogP contribution in [0.2, 0.25) is 0 Å². The molecule has 1 fully saturated rings. The molecule has 0 spiro atoms. The molecule has 2 amide bonds. The van der Waals surface area contributed by atoms with Crippen molar-refractivity contribution in [3.63, 3.8) is 0 Å². The number of ether oxygens (including phenoxy) is 1. The van der Waals surface area contributed by atoms with Crippen molar-refractivity contribution in [2.75, 3.05) is 18.1 Å². The minimum Gasteiger partial charge on any atom is -0.490 e. The number of anilines is 1. The summed E-state index contributed by atoms with van der Waals surface area (Å²) in [5.74, 6) is -0.161. The average molecular weight is 517 g/mol. The van der Waals surface area contributed by atoms with Crippen LogP contribution in [-0.2, 0) is 22.7 Å². The molecule has 0 saturated heterocycles. The van der Waals surface area contributed by atoms with Crippen LogP contribution in [0.15, 0.2) is 56.5 Å². The Kier molecular flexibility index (Phi) is 6.01. The summed E-state index contributed by atoms with van der Waals surface area (Å²) < 4.78 is 13.7. The van der Waals surface area contributed by atoms with Gasteiger partial charge < -0.3 is 19.4 Å². The molecule has 3 heterocycles. The second-order valence-corrected chi connectivity index (χ2v) is 9.95. The molecule has 0 atom stereocenters. The number of hydrogen-bond acceptors (Lipinski definition) is 6. The summed E-state index contributed by atoms with van der Waals surface area (Å²) >= 11 is 0. The predicted molar refractivity (Wildman–Crippen MR) is 142 cm³/mol. The van der Waals surface area contributed by atoms with Crippen LogP contribution < -0.4 is 26.2 Å². The minimum absolute atomic E-state index is 0.0433. The number of nitrogens with zero attached hydrogens (tertiary/aromatic N) is 3. The number of hydrogen-bond donors (Lipinski definition) is 1. The molecule has 38 heavy (non-hydrogen) atoms. The predicted octanol–water partition coefficient (Wildman–Crippen LogP) is 2.70. The van der Waals surface area contributed by atoms with Crippen LogP contribution in [0.1, 0.15) is 31.2 Å². The van der Waals surface area contributed by atoms with Crippen LogP contribution in [-0.4, -0.2) is 40.1 Å². The number of para-hydroxylation sites is 1. The number of fused-ring (bicyclic) bond motifs is 4. The van der Waals surface area contributed by atoms with Crippen molar-refractivity contribution in [1.29, 1.82) is 0 Å². The van der Waals surface area contributed by atoms with Gasteiger partial charge in [0.05, 0.1) is 12.2 Å². The lowest BCUT2D eigenvalue weighted by molar-refractivity contribution is -0.122. The van der Waals surface area contributed by atoms with E-state index < -0.39 is 23.7 Å². The first kappa shape index (κ1) is 24.0. The first-order chi connectivity index (χ1) is 18.4. The molecule has 0 bridgehead atoms.